The van der Waals surface area contributed by atoms with Gasteiger partial charge in [0.05, 0.1) is 7.11 Å². The van der Waals surface area contributed by atoms with Crippen LogP contribution in [0.2, 0.25) is 0 Å². The SMILES string of the molecule is COc1cccc(Sc2ccc(C=O)cc2F)c1. The number of carbonyl (C=O) groups is 1. The molecule has 0 amide bonds. The van der Waals surface area contributed by atoms with Crippen molar-refractivity contribution in [1.82, 2.24) is 0 Å². The lowest BCUT2D eigenvalue weighted by molar-refractivity contribution is 0.112. The van der Waals surface area contributed by atoms with Crippen molar-refractivity contribution in [3.63, 3.8) is 0 Å². The maximum absolute atomic E-state index is 13.7. The summed E-state index contributed by atoms with van der Waals surface area (Å²) in [5.74, 6) is 0.331. The Hall–Kier alpha value is -1.81. The van der Waals surface area contributed by atoms with Crippen LogP contribution in [0.5, 0.6) is 5.75 Å². The van der Waals surface area contributed by atoms with Gasteiger partial charge in [0.2, 0.25) is 0 Å². The van der Waals surface area contributed by atoms with E-state index in [4.69, 9.17) is 4.74 Å². The zero-order valence-electron chi connectivity index (χ0n) is 9.72. The van der Waals surface area contributed by atoms with Gasteiger partial charge in [-0.2, -0.15) is 0 Å². The number of aldehydes is 1. The van der Waals surface area contributed by atoms with E-state index in [0.29, 0.717) is 16.7 Å². The Morgan fingerprint density at radius 1 is 1.22 bits per heavy atom. The fourth-order valence-corrected chi connectivity index (χ4v) is 2.33. The van der Waals surface area contributed by atoms with Crippen molar-refractivity contribution in [1.29, 1.82) is 0 Å². The molecule has 0 aliphatic rings. The molecule has 0 saturated carbocycles. The molecule has 2 aromatic rings. The molecular weight excluding hydrogens is 251 g/mol. The summed E-state index contributed by atoms with van der Waals surface area (Å²) in [6.45, 7) is 0. The van der Waals surface area contributed by atoms with Gasteiger partial charge in [-0.25, -0.2) is 4.39 Å². The van der Waals surface area contributed by atoms with E-state index in [1.165, 1.54) is 17.8 Å². The normalized spacial score (nSPS) is 10.1. The molecule has 0 aromatic heterocycles. The molecular formula is C14H11FO2S. The van der Waals surface area contributed by atoms with E-state index in [9.17, 15) is 9.18 Å². The highest BCUT2D eigenvalue weighted by atomic mass is 32.2. The van der Waals surface area contributed by atoms with Crippen molar-refractivity contribution in [3.8, 4) is 5.75 Å². The minimum Gasteiger partial charge on any atom is -0.497 e. The van der Waals surface area contributed by atoms with Gasteiger partial charge < -0.3 is 4.74 Å². The molecule has 0 bridgehead atoms. The zero-order valence-corrected chi connectivity index (χ0v) is 10.5. The molecule has 2 aromatic carbocycles. The number of hydrogen-bond acceptors (Lipinski definition) is 3. The smallest absolute Gasteiger partial charge is 0.150 e. The Balaban J connectivity index is 2.25. The predicted octanol–water partition coefficient (Wildman–Crippen LogP) is 3.80. The molecule has 2 rings (SSSR count). The number of ether oxygens (including phenoxy) is 1. The molecule has 0 N–H and O–H groups in total. The summed E-state index contributed by atoms with van der Waals surface area (Å²) in [5.41, 5.74) is 0.336. The van der Waals surface area contributed by atoms with Crippen LogP contribution < -0.4 is 4.74 Å². The van der Waals surface area contributed by atoms with Gasteiger partial charge in [0.25, 0.3) is 0 Å². The standard InChI is InChI=1S/C14H11FO2S/c1-17-11-3-2-4-12(8-11)18-14-6-5-10(9-16)7-13(14)15/h2-9H,1H3. The fraction of sp³-hybridized carbons (Fsp3) is 0.0714. The number of methoxy groups -OCH3 is 1. The Morgan fingerprint density at radius 3 is 2.72 bits per heavy atom. The number of halogens is 1. The quantitative estimate of drug-likeness (QED) is 0.784. The van der Waals surface area contributed by atoms with Crippen molar-refractivity contribution >= 4 is 18.0 Å². The van der Waals surface area contributed by atoms with E-state index >= 15 is 0 Å². The molecule has 0 aliphatic heterocycles. The average Bonchev–Trinajstić information content (AvgIpc) is 2.41. The molecule has 0 aliphatic carbocycles. The second kappa shape index (κ2) is 5.69. The van der Waals surface area contributed by atoms with Crippen LogP contribution in [-0.2, 0) is 0 Å². The van der Waals surface area contributed by atoms with Crippen molar-refractivity contribution in [2.45, 2.75) is 9.79 Å². The molecule has 18 heavy (non-hydrogen) atoms. The van der Waals surface area contributed by atoms with E-state index in [-0.39, 0.29) is 0 Å². The van der Waals surface area contributed by atoms with Gasteiger partial charge >= 0.3 is 0 Å². The van der Waals surface area contributed by atoms with Crippen LogP contribution in [0.4, 0.5) is 4.39 Å². The predicted molar refractivity (Wildman–Crippen MR) is 68.9 cm³/mol. The van der Waals surface area contributed by atoms with Gasteiger partial charge in [0.1, 0.15) is 17.9 Å². The summed E-state index contributed by atoms with van der Waals surface area (Å²) < 4.78 is 18.8. The lowest BCUT2D eigenvalue weighted by Crippen LogP contribution is -1.86. The van der Waals surface area contributed by atoms with Crippen LogP contribution in [0.3, 0.4) is 0 Å². The molecule has 0 radical (unpaired) electrons. The molecule has 0 fully saturated rings. The maximum atomic E-state index is 13.7. The van der Waals surface area contributed by atoms with E-state index in [2.05, 4.69) is 0 Å². The minimum absolute atomic E-state index is 0.336. The van der Waals surface area contributed by atoms with E-state index in [1.807, 2.05) is 24.3 Å². The molecule has 0 unspecified atom stereocenters. The first-order valence-corrected chi connectivity index (χ1v) is 6.11. The van der Waals surface area contributed by atoms with Crippen LogP contribution in [-0.4, -0.2) is 13.4 Å². The van der Waals surface area contributed by atoms with Crippen molar-refractivity contribution in [3.05, 3.63) is 53.8 Å². The van der Waals surface area contributed by atoms with Crippen LogP contribution in [0, 0.1) is 5.82 Å². The van der Waals surface area contributed by atoms with Gasteiger partial charge in [-0.15, -0.1) is 0 Å². The Kier molecular flexibility index (Phi) is 3.99. The average molecular weight is 262 g/mol. The van der Waals surface area contributed by atoms with Crippen molar-refractivity contribution in [2.75, 3.05) is 7.11 Å². The lowest BCUT2D eigenvalue weighted by Gasteiger charge is -2.05. The summed E-state index contributed by atoms with van der Waals surface area (Å²) in [4.78, 5) is 11.9. The molecule has 0 saturated heterocycles. The Morgan fingerprint density at radius 2 is 2.06 bits per heavy atom. The van der Waals surface area contributed by atoms with Crippen molar-refractivity contribution < 1.29 is 13.9 Å². The second-order valence-electron chi connectivity index (χ2n) is 3.59. The number of rotatable bonds is 4. The van der Waals surface area contributed by atoms with Gasteiger partial charge in [-0.3, -0.25) is 4.79 Å². The molecule has 0 atom stereocenters. The summed E-state index contributed by atoms with van der Waals surface area (Å²) in [7, 11) is 1.59. The molecule has 92 valence electrons. The first kappa shape index (κ1) is 12.6. The van der Waals surface area contributed by atoms with E-state index in [1.54, 1.807) is 19.2 Å². The topological polar surface area (TPSA) is 26.3 Å². The lowest BCUT2D eigenvalue weighted by atomic mass is 10.2. The molecule has 4 heteroatoms. The summed E-state index contributed by atoms with van der Waals surface area (Å²) in [5, 5.41) is 0. The first-order valence-electron chi connectivity index (χ1n) is 5.29. The van der Waals surface area contributed by atoms with Gasteiger partial charge in [-0.1, -0.05) is 23.9 Å². The van der Waals surface area contributed by atoms with Crippen LogP contribution in [0.1, 0.15) is 10.4 Å². The third-order valence-electron chi connectivity index (χ3n) is 2.36. The summed E-state index contributed by atoms with van der Waals surface area (Å²) in [6, 6.07) is 11.8. The van der Waals surface area contributed by atoms with E-state index in [0.717, 1.165) is 10.6 Å². The number of benzene rings is 2. The Labute approximate surface area is 109 Å². The third-order valence-corrected chi connectivity index (χ3v) is 3.40. The van der Waals surface area contributed by atoms with E-state index < -0.39 is 5.82 Å². The van der Waals surface area contributed by atoms with Crippen molar-refractivity contribution in [2.24, 2.45) is 0 Å². The van der Waals surface area contributed by atoms with Gasteiger partial charge in [0, 0.05) is 15.4 Å². The van der Waals surface area contributed by atoms with Crippen LogP contribution in [0.15, 0.2) is 52.3 Å². The van der Waals surface area contributed by atoms with Gasteiger partial charge in [-0.05, 0) is 30.3 Å². The second-order valence-corrected chi connectivity index (χ2v) is 4.70. The van der Waals surface area contributed by atoms with Gasteiger partial charge in [0.15, 0.2) is 0 Å². The largest absolute Gasteiger partial charge is 0.497 e. The molecule has 0 heterocycles. The fourth-order valence-electron chi connectivity index (χ4n) is 1.46. The van der Waals surface area contributed by atoms with Crippen LogP contribution in [0.25, 0.3) is 0 Å². The monoisotopic (exact) mass is 262 g/mol. The summed E-state index contributed by atoms with van der Waals surface area (Å²) >= 11 is 1.29. The Bertz CT molecular complexity index is 569. The first-order chi connectivity index (χ1) is 8.72. The maximum Gasteiger partial charge on any atom is 0.150 e. The molecule has 2 nitrogen and oxygen atoms in total. The zero-order chi connectivity index (χ0) is 13.0. The molecule has 0 spiro atoms. The highest BCUT2D eigenvalue weighted by molar-refractivity contribution is 7.99. The highest BCUT2D eigenvalue weighted by Crippen LogP contribution is 2.31. The number of carbonyl (C=O) groups excluding carboxylic acids is 1. The third kappa shape index (κ3) is 2.90. The number of hydrogen-bond donors (Lipinski definition) is 0. The summed E-state index contributed by atoms with van der Waals surface area (Å²) in [6.07, 6.45) is 0.628. The van der Waals surface area contributed by atoms with Crippen LogP contribution >= 0.6 is 11.8 Å². The minimum atomic E-state index is -0.396. The highest BCUT2D eigenvalue weighted by Gasteiger charge is 2.06.